The molecule has 0 atom stereocenters. The molecule has 0 aromatic rings. The molecule has 6 heteroatoms. The Bertz CT molecular complexity index is 31.1. The van der Waals surface area contributed by atoms with E-state index in [0.29, 0.717) is 0 Å². The molecule has 0 bridgehead atoms. The summed E-state index contributed by atoms with van der Waals surface area (Å²) in [6.07, 6.45) is -2.33. The van der Waals surface area contributed by atoms with Gasteiger partial charge in [0.25, 0.3) is 0 Å². The fraction of sp³-hybridized carbons (Fsp3) is 0. The van der Waals surface area contributed by atoms with Crippen molar-refractivity contribution < 1.29 is 55.1 Å². The van der Waals surface area contributed by atoms with Gasteiger partial charge in [-0.2, -0.15) is 0 Å². The van der Waals surface area contributed by atoms with Crippen LogP contribution in [-0.4, -0.2) is 17.1 Å². The van der Waals surface area contributed by atoms with Crippen LogP contribution in [0.2, 0.25) is 0 Å². The first kappa shape index (κ1) is 27.1. The minimum atomic E-state index is -2.33. The monoisotopic (exact) mass is 334 g/mol. The third-order valence-corrected chi connectivity index (χ3v) is 0. The number of carboxylic acid groups (broad SMARTS) is 2. The molecule has 0 rings (SSSR count). The van der Waals surface area contributed by atoms with Crippen LogP contribution in [0.4, 0.5) is 4.79 Å². The zero-order chi connectivity index (χ0) is 3.58. The smallest absolute Gasteiger partial charge is 0 e. The largest absolute Gasteiger partial charge is 0.652 e. The first-order valence-corrected chi connectivity index (χ1v) is 0.612. The van der Waals surface area contributed by atoms with Crippen LogP contribution < -0.4 is 10.2 Å². The van der Waals surface area contributed by atoms with Gasteiger partial charge >= 0.3 is 0 Å². The predicted octanol–water partition coefficient (Wildman–Crippen LogP) is -4.10. The fourth-order valence-electron chi connectivity index (χ4n) is 0. The summed E-state index contributed by atoms with van der Waals surface area (Å²) in [5, 5.41) is 16.7. The van der Waals surface area contributed by atoms with Crippen LogP contribution in [-0.2, 0) is 0 Å². The van der Waals surface area contributed by atoms with Crippen LogP contribution >= 0.6 is 0 Å². The van der Waals surface area contributed by atoms with Crippen LogP contribution in [0.3, 0.4) is 0 Å². The molecule has 0 radical (unpaired) electrons. The Morgan fingerprint density at radius 3 is 1.14 bits per heavy atom. The number of carbonyl (C=O) groups excluding carboxylic acids is 1. The first-order chi connectivity index (χ1) is 1.73. The van der Waals surface area contributed by atoms with Gasteiger partial charge in [-0.25, -0.2) is 0 Å². The molecular weight excluding hydrogens is 336 g/mol. The Kier molecular flexibility index (Phi) is 63.6. The molecule has 0 aliphatic rings. The average molecular weight is 340 g/mol. The number of hydrogen-bond acceptors (Lipinski definition) is 3. The molecule has 0 saturated carbocycles. The van der Waals surface area contributed by atoms with Crippen LogP contribution in [0, 0.1) is 29.2 Å². The van der Waals surface area contributed by atoms with E-state index in [4.69, 9.17) is 15.0 Å². The van der Waals surface area contributed by atoms with Gasteiger partial charge in [-0.1, -0.05) is 0 Å². The van der Waals surface area contributed by atoms with E-state index in [1.807, 2.05) is 0 Å². The second kappa shape index (κ2) is 16.4. The Labute approximate surface area is 61.5 Å². The third kappa shape index (κ3) is 3440. The van der Waals surface area contributed by atoms with Crippen molar-refractivity contribution in [2.24, 2.45) is 0 Å². The van der Waals surface area contributed by atoms with Crippen molar-refractivity contribution in [3.8, 4) is 0 Å². The topological polar surface area (TPSA) is 126 Å². The minimum absolute atomic E-state index is 0. The van der Waals surface area contributed by atoms with Gasteiger partial charge in [0.2, 0.25) is 0 Å². The maximum atomic E-state index is 8.33. The van der Waals surface area contributed by atoms with Crippen molar-refractivity contribution in [2.75, 3.05) is 0 Å². The van der Waals surface area contributed by atoms with Gasteiger partial charge in [0, 0.05) is 29.2 Å². The molecule has 46 valence electrons. The Morgan fingerprint density at radius 1 is 1.14 bits per heavy atom. The molecule has 5 nitrogen and oxygen atoms in total. The van der Waals surface area contributed by atoms with Crippen molar-refractivity contribution in [1.82, 2.24) is 0 Å². The number of carbonyl (C=O) groups is 1. The van der Waals surface area contributed by atoms with Gasteiger partial charge in [-0.15, -0.1) is 0 Å². The van der Waals surface area contributed by atoms with Gasteiger partial charge in [0.05, 0.1) is 0 Å². The Hall–Kier alpha value is 0.177. The summed E-state index contributed by atoms with van der Waals surface area (Å²) in [6.45, 7) is 0. The van der Waals surface area contributed by atoms with E-state index in [9.17, 15) is 0 Å². The summed E-state index contributed by atoms with van der Waals surface area (Å²) in [6, 6.07) is 0. The van der Waals surface area contributed by atoms with Crippen molar-refractivity contribution >= 4 is 6.16 Å². The average Bonchev–Trinajstić information content (AvgIpc) is 0.811. The first-order valence-electron chi connectivity index (χ1n) is 0.612. The predicted molar refractivity (Wildman–Crippen MR) is 12.6 cm³/mol. The van der Waals surface area contributed by atoms with Gasteiger partial charge in [0.1, 0.15) is 0 Å². The molecule has 0 saturated heterocycles. The van der Waals surface area contributed by atoms with Gasteiger partial charge < -0.3 is 26.0 Å². The summed E-state index contributed by atoms with van der Waals surface area (Å²) in [5.74, 6) is 0. The maximum Gasteiger partial charge on any atom is 0 e. The quantitative estimate of drug-likeness (QED) is 0.445. The number of hydrogen-bond donors (Lipinski definition) is 0. The molecule has 0 aliphatic heterocycles. The van der Waals surface area contributed by atoms with E-state index in [0.717, 1.165) is 0 Å². The van der Waals surface area contributed by atoms with Crippen LogP contribution in [0.1, 0.15) is 0 Å². The number of rotatable bonds is 0. The summed E-state index contributed by atoms with van der Waals surface area (Å²) in [7, 11) is 0. The Morgan fingerprint density at radius 2 is 1.14 bits per heavy atom. The molecule has 0 aliphatic carbocycles. The van der Waals surface area contributed by atoms with E-state index in [1.54, 1.807) is 0 Å². The molecular formula is CH4O5Pu-2. The summed E-state index contributed by atoms with van der Waals surface area (Å²) in [5.41, 5.74) is 0. The summed E-state index contributed by atoms with van der Waals surface area (Å²) in [4.78, 5) is 8.33. The minimum Gasteiger partial charge on any atom is -0.652 e. The van der Waals surface area contributed by atoms with Crippen molar-refractivity contribution in [3.05, 3.63) is 0 Å². The van der Waals surface area contributed by atoms with Crippen molar-refractivity contribution in [2.45, 2.75) is 0 Å². The molecule has 4 N–H and O–H groups in total. The van der Waals surface area contributed by atoms with Crippen LogP contribution in [0.5, 0.6) is 0 Å². The van der Waals surface area contributed by atoms with Gasteiger partial charge in [-0.05, 0) is 6.16 Å². The second-order valence-electron chi connectivity index (χ2n) is 0.250. The van der Waals surface area contributed by atoms with Gasteiger partial charge in [0.15, 0.2) is 0 Å². The van der Waals surface area contributed by atoms with E-state index >= 15 is 0 Å². The summed E-state index contributed by atoms with van der Waals surface area (Å²) < 4.78 is 0. The zero-order valence-corrected chi connectivity index (χ0v) is 6.53. The van der Waals surface area contributed by atoms with E-state index in [-0.39, 0.29) is 40.1 Å². The van der Waals surface area contributed by atoms with E-state index in [2.05, 4.69) is 0 Å². The molecule has 0 heterocycles. The maximum absolute atomic E-state index is 8.33. The fourth-order valence-corrected chi connectivity index (χ4v) is 0. The van der Waals surface area contributed by atoms with E-state index < -0.39 is 6.16 Å². The standard InChI is InChI=1S/CH2O3.2H2O.Pu/c2-1(3)4;;;/h(H2,2,3,4);2*1H2;/p-2. The van der Waals surface area contributed by atoms with E-state index in [1.165, 1.54) is 0 Å². The van der Waals surface area contributed by atoms with Crippen LogP contribution in [0.15, 0.2) is 0 Å². The van der Waals surface area contributed by atoms with Crippen molar-refractivity contribution in [3.63, 3.8) is 0 Å². The molecule has 0 fully saturated rings. The van der Waals surface area contributed by atoms with Crippen LogP contribution in [0.25, 0.3) is 0 Å². The molecule has 0 aromatic heterocycles. The summed E-state index contributed by atoms with van der Waals surface area (Å²) >= 11 is 0. The second-order valence-corrected chi connectivity index (χ2v) is 0.250. The molecule has 7 heavy (non-hydrogen) atoms. The zero-order valence-electron chi connectivity index (χ0n) is 3.13. The normalized spacial score (nSPS) is 3.43. The molecule has 0 amide bonds. The van der Waals surface area contributed by atoms with Crippen molar-refractivity contribution in [1.29, 1.82) is 0 Å². The molecule has 0 spiro atoms. The SMILES string of the molecule is O.O.O=C([O-])[O-].[Pu]. The Balaban J connectivity index is -0.0000000150. The van der Waals surface area contributed by atoms with Gasteiger partial charge in [-0.3, -0.25) is 0 Å². The molecule has 0 aromatic carbocycles. The molecule has 0 unspecified atom stereocenters. The third-order valence-electron chi connectivity index (χ3n) is 0.